The van der Waals surface area contributed by atoms with E-state index in [0.717, 1.165) is 16.2 Å². The summed E-state index contributed by atoms with van der Waals surface area (Å²) in [7, 11) is 1.60. The molecule has 0 saturated heterocycles. The van der Waals surface area contributed by atoms with Crippen LogP contribution in [0.4, 0.5) is 4.79 Å². The highest BCUT2D eigenvalue weighted by Crippen LogP contribution is 2.31. The fraction of sp³-hybridized carbons (Fsp3) is 0.300. The molecule has 0 saturated carbocycles. The van der Waals surface area contributed by atoms with Gasteiger partial charge in [0.15, 0.2) is 0 Å². The molecule has 3 aromatic rings. The number of benzene rings is 1. The number of thiophene rings is 1. The van der Waals surface area contributed by atoms with Gasteiger partial charge in [0, 0.05) is 11.4 Å². The first-order valence-electron chi connectivity index (χ1n) is 9.08. The number of ether oxygens (including phenoxy) is 1. The Morgan fingerprint density at radius 2 is 1.97 bits per heavy atom. The number of imide groups is 1. The Balaban J connectivity index is 1.76. The van der Waals surface area contributed by atoms with E-state index < -0.39 is 11.9 Å². The van der Waals surface area contributed by atoms with E-state index in [0.29, 0.717) is 16.8 Å². The number of methoxy groups -OCH3 is 1. The van der Waals surface area contributed by atoms with Crippen LogP contribution in [-0.2, 0) is 11.3 Å². The van der Waals surface area contributed by atoms with Crippen LogP contribution in [0, 0.1) is 5.92 Å². The molecular weight excluding hydrogens is 392 g/mol. The van der Waals surface area contributed by atoms with E-state index in [9.17, 15) is 14.4 Å². The molecule has 0 radical (unpaired) electrons. The van der Waals surface area contributed by atoms with Gasteiger partial charge in [0.25, 0.3) is 5.56 Å². The average Bonchev–Trinajstić information content (AvgIpc) is 3.14. The largest absolute Gasteiger partial charge is 0.497 e. The second-order valence-electron chi connectivity index (χ2n) is 6.88. The van der Waals surface area contributed by atoms with Crippen molar-refractivity contribution in [3.63, 3.8) is 0 Å². The third-order valence-corrected chi connectivity index (χ3v) is 5.28. The minimum absolute atomic E-state index is 0.267. The number of nitrogens with zero attached hydrogens (tertiary/aromatic N) is 2. The molecule has 0 aliphatic heterocycles. The van der Waals surface area contributed by atoms with Crippen LogP contribution in [0.2, 0.25) is 0 Å². The van der Waals surface area contributed by atoms with Gasteiger partial charge >= 0.3 is 6.03 Å². The average molecular weight is 414 g/mol. The predicted molar refractivity (Wildman–Crippen MR) is 112 cm³/mol. The quantitative estimate of drug-likeness (QED) is 0.646. The lowest BCUT2D eigenvalue weighted by Gasteiger charge is -2.09. The van der Waals surface area contributed by atoms with E-state index in [1.165, 1.54) is 22.2 Å². The lowest BCUT2D eigenvalue weighted by molar-refractivity contribution is -0.120. The summed E-state index contributed by atoms with van der Waals surface area (Å²) in [4.78, 5) is 41.7. The number of fused-ring (bicyclic) bond motifs is 1. The molecule has 0 atom stereocenters. The summed E-state index contributed by atoms with van der Waals surface area (Å²) < 4.78 is 6.81. The summed E-state index contributed by atoms with van der Waals surface area (Å²) in [5, 5.41) is 4.81. The number of amides is 3. The van der Waals surface area contributed by atoms with Crippen molar-refractivity contribution in [1.29, 1.82) is 0 Å². The molecule has 2 N–H and O–H groups in total. The lowest BCUT2D eigenvalue weighted by atomic mass is 10.2. The number of rotatable bonds is 6. The van der Waals surface area contributed by atoms with Gasteiger partial charge in [0.1, 0.15) is 17.0 Å². The van der Waals surface area contributed by atoms with Crippen molar-refractivity contribution >= 4 is 33.5 Å². The van der Waals surface area contributed by atoms with Crippen LogP contribution >= 0.6 is 11.3 Å². The van der Waals surface area contributed by atoms with Crippen LogP contribution in [0.25, 0.3) is 20.7 Å². The summed E-state index contributed by atoms with van der Waals surface area (Å²) in [6, 6.07) is 8.77. The maximum absolute atomic E-state index is 12.7. The predicted octanol–water partition coefficient (Wildman–Crippen LogP) is 2.62. The summed E-state index contributed by atoms with van der Waals surface area (Å²) in [6.45, 7) is 4.07. The normalized spacial score (nSPS) is 10.9. The summed E-state index contributed by atoms with van der Waals surface area (Å²) in [6.07, 6.45) is 1.32. The minimum Gasteiger partial charge on any atom is -0.497 e. The van der Waals surface area contributed by atoms with Crippen molar-refractivity contribution in [2.24, 2.45) is 5.92 Å². The third-order valence-electron chi connectivity index (χ3n) is 4.12. The van der Waals surface area contributed by atoms with Crippen molar-refractivity contribution in [2.75, 3.05) is 13.7 Å². The third kappa shape index (κ3) is 5.00. The number of urea groups is 1. The first kappa shape index (κ1) is 20.5. The number of nitrogens with one attached hydrogen (secondary N) is 2. The fourth-order valence-corrected chi connectivity index (χ4v) is 3.68. The molecule has 3 rings (SSSR count). The molecule has 0 unspecified atom stereocenters. The van der Waals surface area contributed by atoms with Crippen molar-refractivity contribution in [1.82, 2.24) is 20.2 Å². The Labute approximate surface area is 171 Å². The van der Waals surface area contributed by atoms with Gasteiger partial charge in [-0.1, -0.05) is 13.8 Å². The van der Waals surface area contributed by atoms with Gasteiger partial charge < -0.3 is 10.1 Å². The zero-order valence-electron chi connectivity index (χ0n) is 16.4. The number of hydrogen-bond donors (Lipinski definition) is 2. The van der Waals surface area contributed by atoms with Crippen LogP contribution < -0.4 is 20.9 Å². The van der Waals surface area contributed by atoms with Crippen molar-refractivity contribution in [2.45, 2.75) is 20.4 Å². The van der Waals surface area contributed by atoms with E-state index in [2.05, 4.69) is 15.6 Å². The Morgan fingerprint density at radius 3 is 2.62 bits per heavy atom. The number of hydrogen-bond acceptors (Lipinski definition) is 6. The van der Waals surface area contributed by atoms with Crippen molar-refractivity contribution in [3.8, 4) is 16.2 Å². The molecule has 2 heterocycles. The van der Waals surface area contributed by atoms with Crippen molar-refractivity contribution in [3.05, 3.63) is 47.0 Å². The monoisotopic (exact) mass is 414 g/mol. The zero-order valence-corrected chi connectivity index (χ0v) is 17.2. The molecule has 8 nitrogen and oxygen atoms in total. The fourth-order valence-electron chi connectivity index (χ4n) is 2.62. The number of aromatic nitrogens is 2. The van der Waals surface area contributed by atoms with Crippen LogP contribution in [-0.4, -0.2) is 35.1 Å². The minimum atomic E-state index is -0.582. The highest BCUT2D eigenvalue weighted by molar-refractivity contribution is 7.22. The number of carbonyl (C=O) groups is 2. The van der Waals surface area contributed by atoms with Crippen LogP contribution in [0.15, 0.2) is 41.5 Å². The molecule has 29 heavy (non-hydrogen) atoms. The van der Waals surface area contributed by atoms with E-state index in [4.69, 9.17) is 4.74 Å². The van der Waals surface area contributed by atoms with E-state index in [-0.39, 0.29) is 18.0 Å². The second-order valence-corrected chi connectivity index (χ2v) is 7.94. The topological polar surface area (TPSA) is 102 Å². The first-order chi connectivity index (χ1) is 13.9. The maximum Gasteiger partial charge on any atom is 0.321 e. The Bertz CT molecular complexity index is 1090. The van der Waals surface area contributed by atoms with Gasteiger partial charge in [0.05, 0.1) is 19.0 Å². The maximum atomic E-state index is 12.7. The van der Waals surface area contributed by atoms with E-state index in [1.807, 2.05) is 44.2 Å². The molecule has 0 bridgehead atoms. The highest BCUT2D eigenvalue weighted by atomic mass is 32.1. The standard InChI is InChI=1S/C20H22N4O4S/c1-12(2)9-21-20(27)23-17(25)10-24-11-22-15-8-16(29-18(15)19(24)26)13-4-6-14(28-3)7-5-13/h4-8,11-12H,9-10H2,1-3H3,(H2,21,23,25,27). The Kier molecular flexibility index (Phi) is 6.28. The van der Waals surface area contributed by atoms with Crippen LogP contribution in [0.3, 0.4) is 0 Å². The summed E-state index contributed by atoms with van der Waals surface area (Å²) in [5.74, 6) is 0.434. The van der Waals surface area contributed by atoms with Gasteiger partial charge in [-0.25, -0.2) is 9.78 Å². The van der Waals surface area contributed by atoms with Crippen LogP contribution in [0.5, 0.6) is 5.75 Å². The summed E-state index contributed by atoms with van der Waals surface area (Å²) in [5.41, 5.74) is 1.19. The van der Waals surface area contributed by atoms with E-state index in [1.54, 1.807) is 7.11 Å². The first-order valence-corrected chi connectivity index (χ1v) is 9.90. The molecule has 0 aliphatic rings. The molecular formula is C20H22N4O4S. The Morgan fingerprint density at radius 1 is 1.24 bits per heavy atom. The second kappa shape index (κ2) is 8.87. The van der Waals surface area contributed by atoms with Crippen LogP contribution in [0.1, 0.15) is 13.8 Å². The van der Waals surface area contributed by atoms with Gasteiger partial charge in [-0.05, 0) is 41.8 Å². The SMILES string of the molecule is COc1ccc(-c2cc3ncn(CC(=O)NC(=O)NCC(C)C)c(=O)c3s2)cc1. The zero-order chi connectivity index (χ0) is 21.0. The molecule has 0 aliphatic carbocycles. The van der Waals surface area contributed by atoms with E-state index >= 15 is 0 Å². The highest BCUT2D eigenvalue weighted by Gasteiger charge is 2.14. The number of carbonyl (C=O) groups excluding carboxylic acids is 2. The van der Waals surface area contributed by atoms with Crippen molar-refractivity contribution < 1.29 is 14.3 Å². The molecule has 3 amide bonds. The molecule has 1 aromatic carbocycles. The van der Waals surface area contributed by atoms with Gasteiger partial charge in [0.2, 0.25) is 5.91 Å². The summed E-state index contributed by atoms with van der Waals surface area (Å²) >= 11 is 1.31. The van der Waals surface area contributed by atoms with Gasteiger partial charge in [-0.3, -0.25) is 19.5 Å². The lowest BCUT2D eigenvalue weighted by Crippen LogP contribution is -2.43. The van der Waals surface area contributed by atoms with Gasteiger partial charge in [-0.15, -0.1) is 11.3 Å². The Hall–Kier alpha value is -3.20. The van der Waals surface area contributed by atoms with Gasteiger partial charge in [-0.2, -0.15) is 0 Å². The molecule has 152 valence electrons. The molecule has 0 spiro atoms. The molecule has 0 fully saturated rings. The smallest absolute Gasteiger partial charge is 0.321 e. The molecule has 2 aromatic heterocycles. The molecule has 9 heteroatoms.